The van der Waals surface area contributed by atoms with Crippen LogP contribution >= 0.6 is 0 Å². The van der Waals surface area contributed by atoms with Crippen molar-refractivity contribution < 1.29 is 14.0 Å². The van der Waals surface area contributed by atoms with E-state index in [1.807, 2.05) is 6.20 Å². The molecule has 2 heterocycles. The molecule has 0 radical (unpaired) electrons. The zero-order valence-electron chi connectivity index (χ0n) is 16.0. The minimum atomic E-state index is -1.51. The van der Waals surface area contributed by atoms with E-state index >= 15 is 0 Å². The van der Waals surface area contributed by atoms with Crippen LogP contribution in [0.2, 0.25) is 0 Å². The van der Waals surface area contributed by atoms with Crippen LogP contribution in [0.15, 0.2) is 12.4 Å². The van der Waals surface area contributed by atoms with Gasteiger partial charge in [-0.3, -0.25) is 9.59 Å². The number of carbonyl (C=O) groups is 2. The highest BCUT2D eigenvalue weighted by atomic mass is 19.1. The zero-order valence-corrected chi connectivity index (χ0v) is 16.0. The van der Waals surface area contributed by atoms with Crippen LogP contribution in [0.3, 0.4) is 0 Å². The molecule has 1 aromatic heterocycles. The molecular weight excluding hydrogens is 333 g/mol. The number of aromatic nitrogens is 1. The molecule has 1 aromatic rings. The Morgan fingerprint density at radius 3 is 2.62 bits per heavy atom. The Morgan fingerprint density at radius 1 is 1.35 bits per heavy atom. The molecule has 3 rings (SSSR count). The number of hydrogen-bond acceptors (Lipinski definition) is 2. The lowest BCUT2D eigenvalue weighted by Crippen LogP contribution is -2.65. The number of amides is 2. The average Bonchev–Trinajstić information content (AvgIpc) is 3.31. The predicted molar refractivity (Wildman–Crippen MR) is 98.8 cm³/mol. The van der Waals surface area contributed by atoms with Crippen molar-refractivity contribution in [3.8, 4) is 0 Å². The van der Waals surface area contributed by atoms with Gasteiger partial charge in [0.2, 0.25) is 5.91 Å². The molecule has 2 N–H and O–H groups in total. The van der Waals surface area contributed by atoms with E-state index in [-0.39, 0.29) is 31.4 Å². The van der Waals surface area contributed by atoms with E-state index in [0.29, 0.717) is 29.7 Å². The Kier molecular flexibility index (Phi) is 5.39. The SMILES string of the molecule is CC[C@H](CC(=O)NCC1(F)CN(C(=O)c2c[nH]cc2C2CC2)C1)C(C)C. The molecule has 1 saturated heterocycles. The van der Waals surface area contributed by atoms with E-state index in [1.165, 1.54) is 4.90 Å². The average molecular weight is 363 g/mol. The molecule has 26 heavy (non-hydrogen) atoms. The number of aromatic amines is 1. The van der Waals surface area contributed by atoms with Crippen molar-refractivity contribution in [2.45, 2.75) is 58.0 Å². The van der Waals surface area contributed by atoms with Crippen LogP contribution in [0.25, 0.3) is 0 Å². The number of H-pyrrole nitrogens is 1. The van der Waals surface area contributed by atoms with E-state index < -0.39 is 5.67 Å². The summed E-state index contributed by atoms with van der Waals surface area (Å²) in [5.74, 6) is 1.01. The molecule has 2 aliphatic rings. The molecule has 1 aliphatic heterocycles. The third kappa shape index (κ3) is 4.10. The largest absolute Gasteiger partial charge is 0.367 e. The van der Waals surface area contributed by atoms with Gasteiger partial charge in [-0.2, -0.15) is 0 Å². The first-order valence-corrected chi connectivity index (χ1v) is 9.74. The minimum absolute atomic E-state index is 0.0211. The third-order valence-electron chi connectivity index (χ3n) is 5.78. The maximum absolute atomic E-state index is 14.8. The molecular formula is C20H30FN3O2. The topological polar surface area (TPSA) is 65.2 Å². The van der Waals surface area contributed by atoms with Gasteiger partial charge in [0, 0.05) is 18.8 Å². The van der Waals surface area contributed by atoms with Crippen LogP contribution in [0, 0.1) is 11.8 Å². The summed E-state index contributed by atoms with van der Waals surface area (Å²) in [4.78, 5) is 29.2. The van der Waals surface area contributed by atoms with Crippen molar-refractivity contribution in [2.75, 3.05) is 19.6 Å². The lowest BCUT2D eigenvalue weighted by Gasteiger charge is -2.44. The number of hydrogen-bond donors (Lipinski definition) is 2. The molecule has 0 spiro atoms. The molecule has 0 unspecified atom stereocenters. The minimum Gasteiger partial charge on any atom is -0.367 e. The second-order valence-corrected chi connectivity index (χ2v) is 8.30. The van der Waals surface area contributed by atoms with Crippen molar-refractivity contribution in [3.05, 3.63) is 23.5 Å². The van der Waals surface area contributed by atoms with Gasteiger partial charge in [0.25, 0.3) is 5.91 Å². The van der Waals surface area contributed by atoms with Crippen LogP contribution in [0.4, 0.5) is 4.39 Å². The number of carbonyl (C=O) groups excluding carboxylic acids is 2. The molecule has 1 atom stereocenters. The highest BCUT2D eigenvalue weighted by molar-refractivity contribution is 5.96. The molecule has 2 amide bonds. The van der Waals surface area contributed by atoms with E-state index in [9.17, 15) is 14.0 Å². The number of halogens is 1. The van der Waals surface area contributed by atoms with Gasteiger partial charge in [0.1, 0.15) is 0 Å². The second-order valence-electron chi connectivity index (χ2n) is 8.30. The lowest BCUT2D eigenvalue weighted by atomic mass is 9.89. The molecule has 0 aromatic carbocycles. The summed E-state index contributed by atoms with van der Waals surface area (Å²) < 4.78 is 14.8. The maximum atomic E-state index is 14.8. The van der Waals surface area contributed by atoms with Gasteiger partial charge in [0.05, 0.1) is 25.2 Å². The molecule has 144 valence electrons. The zero-order chi connectivity index (χ0) is 18.9. The van der Waals surface area contributed by atoms with Crippen molar-refractivity contribution in [3.63, 3.8) is 0 Å². The lowest BCUT2D eigenvalue weighted by molar-refractivity contribution is -0.123. The van der Waals surface area contributed by atoms with Gasteiger partial charge in [-0.1, -0.05) is 27.2 Å². The fourth-order valence-electron chi connectivity index (χ4n) is 3.78. The number of alkyl halides is 1. The highest BCUT2D eigenvalue weighted by Gasteiger charge is 2.47. The standard InChI is InChI=1S/C20H30FN3O2/c1-4-14(13(2)3)7-18(25)23-10-20(21)11-24(12-20)19(26)17-9-22-8-16(17)15-5-6-15/h8-9,13-15,22H,4-7,10-12H2,1-3H3,(H,23,25)/t14-/m1/s1. The maximum Gasteiger partial charge on any atom is 0.255 e. The molecule has 5 nitrogen and oxygen atoms in total. The Labute approximate surface area is 154 Å². The quantitative estimate of drug-likeness (QED) is 0.745. The fourth-order valence-corrected chi connectivity index (χ4v) is 3.78. The number of nitrogens with one attached hydrogen (secondary N) is 2. The Balaban J connectivity index is 1.46. The first-order valence-electron chi connectivity index (χ1n) is 9.74. The first-order chi connectivity index (χ1) is 12.3. The van der Waals surface area contributed by atoms with Crippen LogP contribution < -0.4 is 5.32 Å². The third-order valence-corrected chi connectivity index (χ3v) is 5.78. The predicted octanol–water partition coefficient (Wildman–Crippen LogP) is 3.24. The molecule has 0 bridgehead atoms. The van der Waals surface area contributed by atoms with Gasteiger partial charge >= 0.3 is 0 Å². The molecule has 2 fully saturated rings. The summed E-state index contributed by atoms with van der Waals surface area (Å²) >= 11 is 0. The van der Waals surface area contributed by atoms with Crippen LogP contribution in [0.5, 0.6) is 0 Å². The summed E-state index contributed by atoms with van der Waals surface area (Å²) in [6, 6.07) is 0. The van der Waals surface area contributed by atoms with Crippen molar-refractivity contribution >= 4 is 11.8 Å². The monoisotopic (exact) mass is 363 g/mol. The number of rotatable bonds is 8. The second kappa shape index (κ2) is 7.41. The van der Waals surface area contributed by atoms with Crippen molar-refractivity contribution in [1.29, 1.82) is 0 Å². The van der Waals surface area contributed by atoms with Crippen LogP contribution in [0.1, 0.15) is 68.3 Å². The van der Waals surface area contributed by atoms with E-state index in [4.69, 9.17) is 0 Å². The van der Waals surface area contributed by atoms with Crippen LogP contribution in [-0.4, -0.2) is 47.0 Å². The highest BCUT2D eigenvalue weighted by Crippen LogP contribution is 2.42. The van der Waals surface area contributed by atoms with Gasteiger partial charge in [-0.15, -0.1) is 0 Å². The van der Waals surface area contributed by atoms with Gasteiger partial charge < -0.3 is 15.2 Å². The summed E-state index contributed by atoms with van der Waals surface area (Å²) in [5, 5.41) is 2.72. The van der Waals surface area contributed by atoms with E-state index in [1.54, 1.807) is 6.20 Å². The van der Waals surface area contributed by atoms with Crippen molar-refractivity contribution in [2.24, 2.45) is 11.8 Å². The van der Waals surface area contributed by atoms with Crippen LogP contribution in [-0.2, 0) is 4.79 Å². The molecule has 1 saturated carbocycles. The van der Waals surface area contributed by atoms with Crippen molar-refractivity contribution in [1.82, 2.24) is 15.2 Å². The fraction of sp³-hybridized carbons (Fsp3) is 0.700. The normalized spacial score (nSPS) is 20.0. The number of nitrogens with zero attached hydrogens (tertiary/aromatic N) is 1. The van der Waals surface area contributed by atoms with Gasteiger partial charge in [-0.05, 0) is 36.2 Å². The Morgan fingerprint density at radius 2 is 2.04 bits per heavy atom. The smallest absolute Gasteiger partial charge is 0.255 e. The Hall–Kier alpha value is -1.85. The number of likely N-dealkylation sites (tertiary alicyclic amines) is 1. The van der Waals surface area contributed by atoms with E-state index in [0.717, 1.165) is 24.8 Å². The molecule has 1 aliphatic carbocycles. The summed E-state index contributed by atoms with van der Waals surface area (Å²) in [5.41, 5.74) is 0.209. The summed E-state index contributed by atoms with van der Waals surface area (Å²) in [7, 11) is 0. The summed E-state index contributed by atoms with van der Waals surface area (Å²) in [6.07, 6.45) is 7.20. The summed E-state index contributed by atoms with van der Waals surface area (Å²) in [6.45, 7) is 6.34. The van der Waals surface area contributed by atoms with E-state index in [2.05, 4.69) is 31.1 Å². The first kappa shape index (κ1) is 18.9. The Bertz CT molecular complexity index is 660. The van der Waals surface area contributed by atoms with Gasteiger partial charge in [-0.25, -0.2) is 4.39 Å². The molecule has 6 heteroatoms. The van der Waals surface area contributed by atoms with Gasteiger partial charge in [0.15, 0.2) is 5.67 Å².